The standard InChI is InChI=1S/C48H82O19/c1-21(2)10-9-13-48(8,67-42-38(61)35(58)32(55)26(19-50)63-42)22-11-14-47(7)30(22)23(52)16-29-45(5)17-24(53)40(44(3,4)28(45)12-15-46(29,47)6)66-43-39(36(59)33(56)27(20-51)64-43)65-41-37(60)34(57)31(54)25(18-49)62-41/h10,22-43,49-61H,9,11-20H2,1-8H3. The van der Waals surface area contributed by atoms with E-state index in [9.17, 15) is 66.4 Å². The summed E-state index contributed by atoms with van der Waals surface area (Å²) in [7, 11) is 0. The van der Waals surface area contributed by atoms with E-state index in [2.05, 4.69) is 26.8 Å². The highest BCUT2D eigenvalue weighted by atomic mass is 16.8. The number of allylic oxidation sites excluding steroid dienone is 2. The summed E-state index contributed by atoms with van der Waals surface area (Å²) < 4.78 is 36.9. The molecular formula is C48H82O19. The average Bonchev–Trinajstić information content (AvgIpc) is 3.65. The molecule has 19 heteroatoms. The van der Waals surface area contributed by atoms with Gasteiger partial charge in [-0.15, -0.1) is 0 Å². The molecule has 67 heavy (non-hydrogen) atoms. The normalized spacial score (nSPS) is 52.9. The molecule has 7 aliphatic rings. The van der Waals surface area contributed by atoms with Crippen molar-refractivity contribution in [2.24, 2.45) is 45.3 Å². The van der Waals surface area contributed by atoms with Crippen molar-refractivity contribution in [3.63, 3.8) is 0 Å². The van der Waals surface area contributed by atoms with Crippen molar-refractivity contribution in [1.82, 2.24) is 0 Å². The first-order valence-corrected chi connectivity index (χ1v) is 24.5. The van der Waals surface area contributed by atoms with Crippen molar-refractivity contribution in [1.29, 1.82) is 0 Å². The SMILES string of the molecule is CC(C)=CCCC(C)(OC1OC(CO)C(O)C(O)C1O)C1CCC2(C)C1C(O)CC1C3(C)CC(O)C(OC4OC(CO)C(O)C(O)C4OC4OC(CO)C(O)C(O)C4O)C(C)(C)C3CCC12C. The van der Waals surface area contributed by atoms with Gasteiger partial charge in [0.1, 0.15) is 73.2 Å². The molecule has 0 radical (unpaired) electrons. The second-order valence-electron chi connectivity index (χ2n) is 23.1. The Balaban J connectivity index is 1.15. The van der Waals surface area contributed by atoms with Crippen LogP contribution in [0.4, 0.5) is 0 Å². The summed E-state index contributed by atoms with van der Waals surface area (Å²) in [4.78, 5) is 0. The lowest BCUT2D eigenvalue weighted by Gasteiger charge is -2.71. The molecule has 0 aromatic carbocycles. The van der Waals surface area contributed by atoms with Crippen LogP contribution in [0.25, 0.3) is 0 Å². The van der Waals surface area contributed by atoms with Crippen LogP contribution in [-0.2, 0) is 28.4 Å². The zero-order valence-electron chi connectivity index (χ0n) is 40.3. The van der Waals surface area contributed by atoms with Crippen molar-refractivity contribution < 1.29 is 94.8 Å². The minimum Gasteiger partial charge on any atom is -0.394 e. The van der Waals surface area contributed by atoms with E-state index in [0.29, 0.717) is 25.7 Å². The third-order valence-electron chi connectivity index (χ3n) is 18.7. The Labute approximate surface area is 393 Å². The van der Waals surface area contributed by atoms with E-state index < -0.39 is 152 Å². The van der Waals surface area contributed by atoms with Crippen LogP contribution in [0, 0.1) is 45.3 Å². The second-order valence-corrected chi connectivity index (χ2v) is 23.1. The Morgan fingerprint density at radius 1 is 0.612 bits per heavy atom. The van der Waals surface area contributed by atoms with Crippen LogP contribution < -0.4 is 0 Å². The van der Waals surface area contributed by atoms with Gasteiger partial charge in [0.2, 0.25) is 0 Å². The van der Waals surface area contributed by atoms with Gasteiger partial charge in [0.05, 0.1) is 43.7 Å². The van der Waals surface area contributed by atoms with Crippen molar-refractivity contribution >= 4 is 0 Å². The predicted molar refractivity (Wildman–Crippen MR) is 235 cm³/mol. The summed E-state index contributed by atoms with van der Waals surface area (Å²) in [6.07, 6.45) is -19.6. The molecule has 3 saturated heterocycles. The molecule has 0 bridgehead atoms. The van der Waals surface area contributed by atoms with Crippen molar-refractivity contribution in [3.8, 4) is 0 Å². The van der Waals surface area contributed by atoms with Crippen molar-refractivity contribution in [3.05, 3.63) is 11.6 Å². The van der Waals surface area contributed by atoms with Crippen molar-refractivity contribution in [2.75, 3.05) is 19.8 Å². The van der Waals surface area contributed by atoms with Crippen LogP contribution >= 0.6 is 0 Å². The number of hydrogen-bond acceptors (Lipinski definition) is 19. The van der Waals surface area contributed by atoms with Crippen LogP contribution in [0.5, 0.6) is 0 Å². The molecule has 3 heterocycles. The van der Waals surface area contributed by atoms with Gasteiger partial charge < -0.3 is 94.8 Å². The third-order valence-corrected chi connectivity index (χ3v) is 18.7. The van der Waals surface area contributed by atoms with E-state index in [1.54, 1.807) is 0 Å². The topological polar surface area (TPSA) is 318 Å². The Morgan fingerprint density at radius 3 is 1.70 bits per heavy atom. The molecule has 388 valence electrons. The minimum absolute atomic E-state index is 0.0733. The molecule has 19 nitrogen and oxygen atoms in total. The molecule has 26 atom stereocenters. The molecular weight excluding hydrogens is 881 g/mol. The molecule has 0 aromatic rings. The van der Waals surface area contributed by atoms with E-state index in [4.69, 9.17) is 28.4 Å². The molecule has 0 amide bonds. The third kappa shape index (κ3) is 9.03. The Hall–Kier alpha value is -1.02. The van der Waals surface area contributed by atoms with Crippen LogP contribution in [0.3, 0.4) is 0 Å². The number of ether oxygens (including phenoxy) is 6. The summed E-state index contributed by atoms with van der Waals surface area (Å²) in [6, 6.07) is 0. The highest BCUT2D eigenvalue weighted by molar-refractivity contribution is 5.21. The molecule has 3 aliphatic heterocycles. The lowest BCUT2D eigenvalue weighted by atomic mass is 9.35. The molecule has 7 rings (SSSR count). The highest BCUT2D eigenvalue weighted by Crippen LogP contribution is 2.76. The summed E-state index contributed by atoms with van der Waals surface area (Å²) in [6.45, 7) is 14.7. The number of rotatable bonds is 13. The lowest BCUT2D eigenvalue weighted by molar-refractivity contribution is -0.383. The van der Waals surface area contributed by atoms with Gasteiger partial charge in [-0.1, -0.05) is 46.3 Å². The van der Waals surface area contributed by atoms with E-state index in [0.717, 1.165) is 24.8 Å². The van der Waals surface area contributed by atoms with Crippen LogP contribution in [0.2, 0.25) is 0 Å². The fraction of sp³-hybridized carbons (Fsp3) is 0.958. The monoisotopic (exact) mass is 963 g/mol. The van der Waals surface area contributed by atoms with Crippen LogP contribution in [0.15, 0.2) is 11.6 Å². The molecule has 26 unspecified atom stereocenters. The smallest absolute Gasteiger partial charge is 0.187 e. The van der Waals surface area contributed by atoms with Gasteiger partial charge in [-0.05, 0) is 117 Å². The fourth-order valence-electron chi connectivity index (χ4n) is 15.0. The Bertz CT molecular complexity index is 1710. The maximum Gasteiger partial charge on any atom is 0.187 e. The summed E-state index contributed by atoms with van der Waals surface area (Å²) in [5.74, 6) is -0.628. The summed E-state index contributed by atoms with van der Waals surface area (Å²) in [5.41, 5.74) is -1.96. The first-order chi connectivity index (χ1) is 31.3. The number of hydrogen-bond donors (Lipinski definition) is 13. The Kier molecular flexibility index (Phi) is 15.9. The predicted octanol–water partition coefficient (Wildman–Crippen LogP) is -1.06. The van der Waals surface area contributed by atoms with Crippen molar-refractivity contribution in [2.45, 2.75) is 223 Å². The maximum absolute atomic E-state index is 12.7. The quantitative estimate of drug-likeness (QED) is 0.0773. The van der Waals surface area contributed by atoms with E-state index >= 15 is 0 Å². The van der Waals surface area contributed by atoms with Gasteiger partial charge >= 0.3 is 0 Å². The summed E-state index contributed by atoms with van der Waals surface area (Å²) >= 11 is 0. The average molecular weight is 963 g/mol. The number of fused-ring (bicyclic) bond motifs is 5. The zero-order valence-corrected chi connectivity index (χ0v) is 40.3. The first-order valence-electron chi connectivity index (χ1n) is 24.5. The molecule has 0 aromatic heterocycles. The van der Waals surface area contributed by atoms with E-state index in [1.165, 1.54) is 0 Å². The van der Waals surface area contributed by atoms with Gasteiger partial charge in [-0.2, -0.15) is 0 Å². The van der Waals surface area contributed by atoms with Gasteiger partial charge in [-0.25, -0.2) is 0 Å². The maximum atomic E-state index is 12.7. The van der Waals surface area contributed by atoms with Gasteiger partial charge in [0, 0.05) is 0 Å². The zero-order chi connectivity index (χ0) is 49.5. The van der Waals surface area contributed by atoms with E-state index in [1.807, 2.05) is 34.6 Å². The van der Waals surface area contributed by atoms with Gasteiger partial charge in [-0.3, -0.25) is 0 Å². The molecule has 4 aliphatic carbocycles. The molecule has 4 saturated carbocycles. The van der Waals surface area contributed by atoms with E-state index in [-0.39, 0.29) is 35.5 Å². The second kappa shape index (κ2) is 19.8. The number of aliphatic hydroxyl groups excluding tert-OH is 13. The minimum atomic E-state index is -1.85. The largest absolute Gasteiger partial charge is 0.394 e. The molecule has 0 spiro atoms. The van der Waals surface area contributed by atoms with Gasteiger partial charge in [0.15, 0.2) is 18.9 Å². The lowest BCUT2D eigenvalue weighted by Crippen LogP contribution is -2.70. The molecule has 13 N–H and O–H groups in total. The Morgan fingerprint density at radius 2 is 1.13 bits per heavy atom. The van der Waals surface area contributed by atoms with Crippen LogP contribution in [0.1, 0.15) is 107 Å². The van der Waals surface area contributed by atoms with Crippen LogP contribution in [-0.4, -0.2) is 202 Å². The first kappa shape index (κ1) is 53.8. The fourth-order valence-corrected chi connectivity index (χ4v) is 15.0. The number of aliphatic hydroxyl groups is 13. The molecule has 7 fully saturated rings. The van der Waals surface area contributed by atoms with Gasteiger partial charge in [0.25, 0.3) is 0 Å². The summed E-state index contributed by atoms with van der Waals surface area (Å²) in [5, 5.41) is 141. The highest BCUT2D eigenvalue weighted by Gasteiger charge is 2.73.